The predicted molar refractivity (Wildman–Crippen MR) is 132 cm³/mol. The van der Waals surface area contributed by atoms with Crippen LogP contribution in [0.2, 0.25) is 0 Å². The van der Waals surface area contributed by atoms with Crippen LogP contribution in [0.3, 0.4) is 0 Å². The summed E-state index contributed by atoms with van der Waals surface area (Å²) in [6, 6.07) is 20.2. The third-order valence-electron chi connectivity index (χ3n) is 5.28. The number of aromatic nitrogens is 3. The number of hydrogen-bond acceptors (Lipinski definition) is 5. The molecule has 0 atom stereocenters. The lowest BCUT2D eigenvalue weighted by atomic mass is 10.2. The zero-order chi connectivity index (χ0) is 23.7. The molecule has 0 radical (unpaired) electrons. The van der Waals surface area contributed by atoms with Crippen LogP contribution in [0, 0.1) is 5.82 Å². The van der Waals surface area contributed by atoms with Gasteiger partial charge in [-0.25, -0.2) is 13.9 Å². The minimum atomic E-state index is -0.385. The number of fused-ring (bicyclic) bond motifs is 3. The number of nitrogens with zero attached hydrogens (tertiary/aromatic N) is 2. The van der Waals surface area contributed by atoms with Gasteiger partial charge in [0.1, 0.15) is 22.6 Å². The molecule has 2 heterocycles. The van der Waals surface area contributed by atoms with Gasteiger partial charge in [-0.3, -0.25) is 9.59 Å². The van der Waals surface area contributed by atoms with Crippen LogP contribution in [0.1, 0.15) is 0 Å². The first-order valence-electron chi connectivity index (χ1n) is 10.4. The fourth-order valence-electron chi connectivity index (χ4n) is 3.73. The Bertz CT molecular complexity index is 1580. The number of aromatic amines is 1. The van der Waals surface area contributed by atoms with Crippen LogP contribution in [-0.4, -0.2) is 33.3 Å². The number of carbonyl (C=O) groups is 1. The first kappa shape index (κ1) is 21.7. The number of ether oxygens (including phenoxy) is 1. The van der Waals surface area contributed by atoms with Gasteiger partial charge in [0.15, 0.2) is 5.16 Å². The van der Waals surface area contributed by atoms with Crippen LogP contribution >= 0.6 is 11.8 Å². The van der Waals surface area contributed by atoms with E-state index in [-0.39, 0.29) is 23.0 Å². The van der Waals surface area contributed by atoms with Gasteiger partial charge in [0.2, 0.25) is 5.91 Å². The second-order valence-electron chi connectivity index (χ2n) is 7.44. The smallest absolute Gasteiger partial charge is 0.283 e. The molecule has 0 aliphatic rings. The van der Waals surface area contributed by atoms with Crippen LogP contribution in [0.15, 0.2) is 82.7 Å². The van der Waals surface area contributed by atoms with Crippen molar-refractivity contribution in [3.63, 3.8) is 0 Å². The first-order valence-corrected chi connectivity index (χ1v) is 11.4. The number of anilines is 1. The Morgan fingerprint density at radius 3 is 2.62 bits per heavy atom. The monoisotopic (exact) mass is 474 g/mol. The minimum Gasteiger partial charge on any atom is -0.495 e. The normalized spacial score (nSPS) is 11.1. The molecule has 7 nitrogen and oxygen atoms in total. The van der Waals surface area contributed by atoms with Crippen LogP contribution in [0.25, 0.3) is 27.6 Å². The van der Waals surface area contributed by atoms with E-state index in [4.69, 9.17) is 9.72 Å². The fourth-order valence-corrected chi connectivity index (χ4v) is 4.53. The summed E-state index contributed by atoms with van der Waals surface area (Å²) < 4.78 is 20.1. The van der Waals surface area contributed by atoms with E-state index in [1.807, 2.05) is 30.3 Å². The zero-order valence-corrected chi connectivity index (χ0v) is 18.9. The summed E-state index contributed by atoms with van der Waals surface area (Å²) in [4.78, 5) is 34.2. The second-order valence-corrected chi connectivity index (χ2v) is 8.39. The Hall–Kier alpha value is -4.11. The van der Waals surface area contributed by atoms with Gasteiger partial charge in [-0.1, -0.05) is 42.1 Å². The number of H-pyrrole nitrogens is 1. The van der Waals surface area contributed by atoms with Crippen molar-refractivity contribution in [2.75, 3.05) is 18.2 Å². The van der Waals surface area contributed by atoms with E-state index in [1.165, 1.54) is 35.9 Å². The average Bonchev–Trinajstić information content (AvgIpc) is 3.23. The molecule has 2 aromatic heterocycles. The Balaban J connectivity index is 1.58. The van der Waals surface area contributed by atoms with Crippen LogP contribution in [0.5, 0.6) is 5.75 Å². The van der Waals surface area contributed by atoms with E-state index in [0.717, 1.165) is 22.7 Å². The Kier molecular flexibility index (Phi) is 5.77. The third kappa shape index (κ3) is 4.01. The highest BCUT2D eigenvalue weighted by atomic mass is 32.2. The third-order valence-corrected chi connectivity index (χ3v) is 6.22. The van der Waals surface area contributed by atoms with Crippen molar-refractivity contribution < 1.29 is 13.9 Å². The van der Waals surface area contributed by atoms with Crippen molar-refractivity contribution in [2.24, 2.45) is 0 Å². The molecule has 5 rings (SSSR count). The Morgan fingerprint density at radius 1 is 1.09 bits per heavy atom. The van der Waals surface area contributed by atoms with Crippen molar-refractivity contribution in [3.05, 3.63) is 89.0 Å². The number of methoxy groups -OCH3 is 1. The Labute approximate surface area is 197 Å². The molecular weight excluding hydrogens is 455 g/mol. The molecule has 170 valence electrons. The molecule has 0 unspecified atom stereocenters. The maximum absolute atomic E-state index is 13.6. The molecule has 2 N–H and O–H groups in total. The number of hydrogen-bond donors (Lipinski definition) is 2. The summed E-state index contributed by atoms with van der Waals surface area (Å²) in [6.07, 6.45) is 0. The standard InChI is InChI=1S/C25H19FN4O3S/c1-33-20-9-5-4-8-19(20)30-24(32)23-22(17-6-2-3-7-18(17)28-23)29-25(30)34-14-21(31)27-16-12-10-15(26)11-13-16/h2-13,28H,14H2,1H3,(H,27,31). The number of carbonyl (C=O) groups excluding carboxylic acids is 1. The zero-order valence-electron chi connectivity index (χ0n) is 18.0. The molecule has 0 bridgehead atoms. The number of halogens is 1. The first-order chi connectivity index (χ1) is 16.5. The number of benzene rings is 3. The number of thioether (sulfide) groups is 1. The van der Waals surface area contributed by atoms with Gasteiger partial charge in [0.25, 0.3) is 5.56 Å². The number of para-hydroxylation sites is 3. The maximum Gasteiger partial charge on any atom is 0.283 e. The topological polar surface area (TPSA) is 89.0 Å². The molecule has 3 aromatic carbocycles. The highest BCUT2D eigenvalue weighted by Crippen LogP contribution is 2.29. The Morgan fingerprint density at radius 2 is 1.82 bits per heavy atom. The quantitative estimate of drug-likeness (QED) is 0.274. The SMILES string of the molecule is COc1ccccc1-n1c(SCC(=O)Nc2ccc(F)cc2)nc2c([nH]c3ccccc32)c1=O. The summed E-state index contributed by atoms with van der Waals surface area (Å²) in [5.41, 5.74) is 2.40. The maximum atomic E-state index is 13.6. The summed E-state index contributed by atoms with van der Waals surface area (Å²) in [5, 5.41) is 3.89. The summed E-state index contributed by atoms with van der Waals surface area (Å²) >= 11 is 1.13. The van der Waals surface area contributed by atoms with Crippen molar-refractivity contribution in [2.45, 2.75) is 5.16 Å². The molecule has 1 amide bonds. The van der Waals surface area contributed by atoms with Crippen molar-refractivity contribution in [1.82, 2.24) is 14.5 Å². The molecule has 9 heteroatoms. The van der Waals surface area contributed by atoms with Crippen molar-refractivity contribution >= 4 is 45.3 Å². The molecule has 0 aliphatic carbocycles. The van der Waals surface area contributed by atoms with E-state index in [9.17, 15) is 14.0 Å². The van der Waals surface area contributed by atoms with E-state index >= 15 is 0 Å². The van der Waals surface area contributed by atoms with Crippen molar-refractivity contribution in [3.8, 4) is 11.4 Å². The van der Waals surface area contributed by atoms with Gasteiger partial charge in [0, 0.05) is 16.6 Å². The van der Waals surface area contributed by atoms with Crippen LogP contribution < -0.4 is 15.6 Å². The molecular formula is C25H19FN4O3S. The predicted octanol–water partition coefficient (Wildman–Crippen LogP) is 4.75. The molecule has 0 saturated carbocycles. The van der Waals surface area contributed by atoms with E-state index < -0.39 is 0 Å². The lowest BCUT2D eigenvalue weighted by Gasteiger charge is -2.15. The second kappa shape index (κ2) is 9.03. The molecule has 0 aliphatic heterocycles. The lowest BCUT2D eigenvalue weighted by Crippen LogP contribution is -2.23. The van der Waals surface area contributed by atoms with Gasteiger partial charge >= 0.3 is 0 Å². The molecule has 0 saturated heterocycles. The van der Waals surface area contributed by atoms with Gasteiger partial charge in [-0.15, -0.1) is 0 Å². The van der Waals surface area contributed by atoms with Gasteiger partial charge in [-0.05, 0) is 42.5 Å². The fraction of sp³-hybridized carbons (Fsp3) is 0.0800. The summed E-state index contributed by atoms with van der Waals surface area (Å²) in [7, 11) is 1.53. The number of amides is 1. The van der Waals surface area contributed by atoms with Crippen LogP contribution in [0.4, 0.5) is 10.1 Å². The van der Waals surface area contributed by atoms with Crippen molar-refractivity contribution in [1.29, 1.82) is 0 Å². The molecule has 34 heavy (non-hydrogen) atoms. The summed E-state index contributed by atoms with van der Waals surface area (Å²) in [5.74, 6) is -0.201. The van der Waals surface area contributed by atoms with Gasteiger partial charge in [0.05, 0.1) is 18.6 Å². The van der Waals surface area contributed by atoms with E-state index in [2.05, 4.69) is 10.3 Å². The van der Waals surface area contributed by atoms with E-state index in [0.29, 0.717) is 33.3 Å². The number of rotatable bonds is 6. The van der Waals surface area contributed by atoms with E-state index in [1.54, 1.807) is 18.2 Å². The van der Waals surface area contributed by atoms with Crippen LogP contribution in [-0.2, 0) is 4.79 Å². The lowest BCUT2D eigenvalue weighted by molar-refractivity contribution is -0.113. The minimum absolute atomic E-state index is 0.00712. The molecule has 0 fully saturated rings. The average molecular weight is 475 g/mol. The number of nitrogens with one attached hydrogen (secondary N) is 2. The highest BCUT2D eigenvalue weighted by Gasteiger charge is 2.20. The highest BCUT2D eigenvalue weighted by molar-refractivity contribution is 7.99. The molecule has 0 spiro atoms. The van der Waals surface area contributed by atoms with Gasteiger partial charge in [-0.2, -0.15) is 0 Å². The molecule has 5 aromatic rings. The largest absolute Gasteiger partial charge is 0.495 e. The van der Waals surface area contributed by atoms with Gasteiger partial charge < -0.3 is 15.0 Å². The summed E-state index contributed by atoms with van der Waals surface area (Å²) in [6.45, 7) is 0.